The second-order valence-corrected chi connectivity index (χ2v) is 4.92. The van der Waals surface area contributed by atoms with Crippen molar-refractivity contribution in [2.75, 3.05) is 11.9 Å². The van der Waals surface area contributed by atoms with Gasteiger partial charge in [-0.25, -0.2) is 4.39 Å². The molecule has 2 atom stereocenters. The summed E-state index contributed by atoms with van der Waals surface area (Å²) in [5, 5.41) is 0.901. The highest BCUT2D eigenvalue weighted by molar-refractivity contribution is 9.09. The zero-order valence-electron chi connectivity index (χ0n) is 9.16. The molecule has 16 heavy (non-hydrogen) atoms. The molecule has 0 saturated carbocycles. The third kappa shape index (κ3) is 3.05. The van der Waals surface area contributed by atoms with Gasteiger partial charge in [0.25, 0.3) is 0 Å². The van der Waals surface area contributed by atoms with Gasteiger partial charge in [0.2, 0.25) is 0 Å². The van der Waals surface area contributed by atoms with E-state index in [0.717, 1.165) is 24.8 Å². The summed E-state index contributed by atoms with van der Waals surface area (Å²) in [6.07, 6.45) is 3.73. The SMILES string of the molecule is Fc1ccc(C(CBr)CC2CCCO2)cc1. The van der Waals surface area contributed by atoms with Crippen LogP contribution in [0.4, 0.5) is 4.39 Å². The molecule has 0 N–H and O–H groups in total. The van der Waals surface area contributed by atoms with Crippen LogP contribution in [0.5, 0.6) is 0 Å². The molecule has 0 spiro atoms. The Morgan fingerprint density at radius 2 is 2.12 bits per heavy atom. The normalized spacial score (nSPS) is 22.2. The van der Waals surface area contributed by atoms with E-state index < -0.39 is 0 Å². The number of hydrogen-bond acceptors (Lipinski definition) is 1. The first-order chi connectivity index (χ1) is 7.79. The molecule has 2 unspecified atom stereocenters. The maximum atomic E-state index is 12.8. The standard InChI is InChI=1S/C13H16BrFO/c14-9-11(8-13-2-1-7-16-13)10-3-5-12(15)6-4-10/h3-6,11,13H,1-2,7-9H2. The zero-order valence-corrected chi connectivity index (χ0v) is 10.7. The highest BCUT2D eigenvalue weighted by Crippen LogP contribution is 2.28. The van der Waals surface area contributed by atoms with E-state index in [9.17, 15) is 4.39 Å². The van der Waals surface area contributed by atoms with E-state index in [0.29, 0.717) is 12.0 Å². The van der Waals surface area contributed by atoms with E-state index in [1.165, 1.54) is 24.1 Å². The first kappa shape index (κ1) is 12.1. The summed E-state index contributed by atoms with van der Waals surface area (Å²) in [7, 11) is 0. The third-order valence-electron chi connectivity index (χ3n) is 3.10. The lowest BCUT2D eigenvalue weighted by atomic mass is 9.94. The predicted molar refractivity (Wildman–Crippen MR) is 66.5 cm³/mol. The first-order valence-electron chi connectivity index (χ1n) is 5.72. The van der Waals surface area contributed by atoms with Crippen LogP contribution < -0.4 is 0 Å². The lowest BCUT2D eigenvalue weighted by molar-refractivity contribution is 0.0997. The molecule has 0 aliphatic carbocycles. The van der Waals surface area contributed by atoms with Gasteiger partial charge in [0.05, 0.1) is 6.10 Å². The minimum atomic E-state index is -0.172. The van der Waals surface area contributed by atoms with Gasteiger partial charge in [-0.1, -0.05) is 28.1 Å². The van der Waals surface area contributed by atoms with E-state index in [1.807, 2.05) is 12.1 Å². The van der Waals surface area contributed by atoms with Gasteiger partial charge in [-0.15, -0.1) is 0 Å². The Balaban J connectivity index is 2.00. The van der Waals surface area contributed by atoms with Gasteiger partial charge in [-0.05, 0) is 42.9 Å². The molecule has 1 aromatic rings. The van der Waals surface area contributed by atoms with Crippen molar-refractivity contribution in [1.29, 1.82) is 0 Å². The highest BCUT2D eigenvalue weighted by atomic mass is 79.9. The molecule has 0 amide bonds. The van der Waals surface area contributed by atoms with Crippen molar-refractivity contribution in [3.05, 3.63) is 35.6 Å². The summed E-state index contributed by atoms with van der Waals surface area (Å²) in [5.41, 5.74) is 1.19. The quantitative estimate of drug-likeness (QED) is 0.764. The zero-order chi connectivity index (χ0) is 11.4. The minimum Gasteiger partial charge on any atom is -0.378 e. The van der Waals surface area contributed by atoms with E-state index in [2.05, 4.69) is 15.9 Å². The van der Waals surface area contributed by atoms with Crippen molar-refractivity contribution in [3.63, 3.8) is 0 Å². The number of alkyl halides is 1. The lowest BCUT2D eigenvalue weighted by Crippen LogP contribution is -2.12. The van der Waals surface area contributed by atoms with Crippen molar-refractivity contribution in [1.82, 2.24) is 0 Å². The van der Waals surface area contributed by atoms with Crippen LogP contribution >= 0.6 is 15.9 Å². The molecule has 1 saturated heterocycles. The van der Waals surface area contributed by atoms with Crippen LogP contribution in [-0.2, 0) is 4.74 Å². The van der Waals surface area contributed by atoms with Crippen LogP contribution in [0.3, 0.4) is 0 Å². The average molecular weight is 287 g/mol. The van der Waals surface area contributed by atoms with Crippen LogP contribution in [0.1, 0.15) is 30.7 Å². The van der Waals surface area contributed by atoms with Crippen LogP contribution in [0, 0.1) is 5.82 Å². The van der Waals surface area contributed by atoms with Crippen LogP contribution in [0.2, 0.25) is 0 Å². The monoisotopic (exact) mass is 286 g/mol. The van der Waals surface area contributed by atoms with Gasteiger partial charge >= 0.3 is 0 Å². The van der Waals surface area contributed by atoms with Gasteiger partial charge < -0.3 is 4.74 Å². The number of halogens is 2. The molecular formula is C13H16BrFO. The molecule has 88 valence electrons. The second-order valence-electron chi connectivity index (χ2n) is 4.27. The molecule has 1 aliphatic rings. The molecule has 1 nitrogen and oxygen atoms in total. The van der Waals surface area contributed by atoms with E-state index >= 15 is 0 Å². The molecule has 0 radical (unpaired) electrons. The number of rotatable bonds is 4. The molecule has 3 heteroatoms. The van der Waals surface area contributed by atoms with E-state index in [4.69, 9.17) is 4.74 Å². The Morgan fingerprint density at radius 3 is 2.69 bits per heavy atom. The van der Waals surface area contributed by atoms with Gasteiger partial charge in [0.15, 0.2) is 0 Å². The lowest BCUT2D eigenvalue weighted by Gasteiger charge is -2.18. The Bertz CT molecular complexity index is 319. The summed E-state index contributed by atoms with van der Waals surface area (Å²) in [6.45, 7) is 0.892. The second kappa shape index (κ2) is 5.78. The molecule has 1 heterocycles. The fraction of sp³-hybridized carbons (Fsp3) is 0.538. The van der Waals surface area contributed by atoms with Gasteiger partial charge in [-0.2, -0.15) is 0 Å². The van der Waals surface area contributed by atoms with Crippen LogP contribution in [0.15, 0.2) is 24.3 Å². The van der Waals surface area contributed by atoms with Gasteiger partial charge in [0, 0.05) is 11.9 Å². The molecule has 1 fully saturated rings. The van der Waals surface area contributed by atoms with Crippen LogP contribution in [0.25, 0.3) is 0 Å². The van der Waals surface area contributed by atoms with Crippen molar-refractivity contribution in [3.8, 4) is 0 Å². The van der Waals surface area contributed by atoms with E-state index in [-0.39, 0.29) is 5.82 Å². The maximum absolute atomic E-state index is 12.8. The molecule has 0 bridgehead atoms. The predicted octanol–water partition coefficient (Wildman–Crippen LogP) is 3.87. The number of ether oxygens (including phenoxy) is 1. The van der Waals surface area contributed by atoms with Crippen LogP contribution in [-0.4, -0.2) is 18.0 Å². The minimum absolute atomic E-state index is 0.172. The van der Waals surface area contributed by atoms with Crippen molar-refractivity contribution >= 4 is 15.9 Å². The fourth-order valence-electron chi connectivity index (χ4n) is 2.17. The fourth-order valence-corrected chi connectivity index (χ4v) is 2.81. The summed E-state index contributed by atoms with van der Waals surface area (Å²) in [6, 6.07) is 6.80. The summed E-state index contributed by atoms with van der Waals surface area (Å²) in [5.74, 6) is 0.248. The molecule has 0 aromatic heterocycles. The van der Waals surface area contributed by atoms with Gasteiger partial charge in [-0.3, -0.25) is 0 Å². The van der Waals surface area contributed by atoms with Gasteiger partial charge in [0.1, 0.15) is 5.82 Å². The topological polar surface area (TPSA) is 9.23 Å². The first-order valence-corrected chi connectivity index (χ1v) is 6.85. The molecular weight excluding hydrogens is 271 g/mol. The highest BCUT2D eigenvalue weighted by Gasteiger charge is 2.21. The summed E-state index contributed by atoms with van der Waals surface area (Å²) in [4.78, 5) is 0. The number of hydrogen-bond donors (Lipinski definition) is 0. The molecule has 1 aliphatic heterocycles. The summed E-state index contributed by atoms with van der Waals surface area (Å²) < 4.78 is 18.5. The van der Waals surface area contributed by atoms with Crippen molar-refractivity contribution in [2.24, 2.45) is 0 Å². The average Bonchev–Trinajstić information content (AvgIpc) is 2.80. The number of benzene rings is 1. The molecule has 2 rings (SSSR count). The Kier molecular flexibility index (Phi) is 4.36. The maximum Gasteiger partial charge on any atom is 0.123 e. The Hall–Kier alpha value is -0.410. The summed E-state index contributed by atoms with van der Waals surface area (Å²) >= 11 is 3.53. The molecule has 1 aromatic carbocycles. The smallest absolute Gasteiger partial charge is 0.123 e. The third-order valence-corrected chi connectivity index (χ3v) is 3.88. The Labute approximate surface area is 104 Å². The Morgan fingerprint density at radius 1 is 1.38 bits per heavy atom. The largest absolute Gasteiger partial charge is 0.378 e. The van der Waals surface area contributed by atoms with Crippen molar-refractivity contribution < 1.29 is 9.13 Å². The van der Waals surface area contributed by atoms with Crippen molar-refractivity contribution in [2.45, 2.75) is 31.3 Å². The van der Waals surface area contributed by atoms with E-state index in [1.54, 1.807) is 0 Å².